The summed E-state index contributed by atoms with van der Waals surface area (Å²) in [5.41, 5.74) is 2.55. The fourth-order valence-corrected chi connectivity index (χ4v) is 4.44. The van der Waals surface area contributed by atoms with Gasteiger partial charge in [0.25, 0.3) is 5.91 Å². The van der Waals surface area contributed by atoms with Crippen LogP contribution in [0.25, 0.3) is 17.0 Å². The Kier molecular flexibility index (Phi) is 6.69. The lowest BCUT2D eigenvalue weighted by molar-refractivity contribution is -0.127. The lowest BCUT2D eigenvalue weighted by atomic mass is 10.1. The predicted molar refractivity (Wildman–Crippen MR) is 141 cm³/mol. The fraction of sp³-hybridized carbons (Fsp3) is 0.0741. The normalized spacial score (nSPS) is 14.5. The topological polar surface area (TPSA) is 83.4 Å². The van der Waals surface area contributed by atoms with Crippen LogP contribution in [-0.2, 0) is 16.1 Å². The molecule has 10 heteroatoms. The van der Waals surface area contributed by atoms with E-state index in [1.54, 1.807) is 24.3 Å². The van der Waals surface area contributed by atoms with Gasteiger partial charge < -0.3 is 15.2 Å². The minimum atomic E-state index is -0.737. The maximum Gasteiger partial charge on any atom is 0.329 e. The molecule has 2 N–H and O–H groups in total. The van der Waals surface area contributed by atoms with Crippen LogP contribution in [0.15, 0.2) is 78.6 Å². The number of benzene rings is 3. The Morgan fingerprint density at radius 1 is 1.00 bits per heavy atom. The number of nitrogens with one attached hydrogen (secondary N) is 2. The summed E-state index contributed by atoms with van der Waals surface area (Å²) in [6.07, 6.45) is 3.44. The molecule has 186 valence electrons. The molecular weight excluding hydrogens is 518 g/mol. The van der Waals surface area contributed by atoms with Gasteiger partial charge in [0.2, 0.25) is 5.91 Å². The molecule has 1 saturated heterocycles. The Labute approximate surface area is 221 Å². The number of amides is 4. The van der Waals surface area contributed by atoms with Gasteiger partial charge in [-0.05, 0) is 42.0 Å². The van der Waals surface area contributed by atoms with Crippen LogP contribution in [0.3, 0.4) is 0 Å². The molecule has 4 aromatic rings. The van der Waals surface area contributed by atoms with E-state index < -0.39 is 30.2 Å². The summed E-state index contributed by atoms with van der Waals surface area (Å²) in [7, 11) is 0. The number of rotatable bonds is 6. The maximum atomic E-state index is 13.8. The molecule has 4 amide bonds. The summed E-state index contributed by atoms with van der Waals surface area (Å²) in [6, 6.07) is 17.9. The molecule has 0 aliphatic carbocycles. The van der Waals surface area contributed by atoms with Crippen LogP contribution < -0.4 is 10.6 Å². The van der Waals surface area contributed by atoms with E-state index >= 15 is 0 Å². The number of nitrogens with zero attached hydrogens (tertiary/aromatic N) is 2. The largest absolute Gasteiger partial charge is 0.342 e. The monoisotopic (exact) mass is 536 g/mol. The van der Waals surface area contributed by atoms with Gasteiger partial charge in [0, 0.05) is 29.2 Å². The maximum absolute atomic E-state index is 13.8. The van der Waals surface area contributed by atoms with Crippen LogP contribution in [0.5, 0.6) is 0 Å². The molecule has 2 heterocycles. The van der Waals surface area contributed by atoms with E-state index in [-0.39, 0.29) is 11.4 Å². The van der Waals surface area contributed by atoms with Gasteiger partial charge in [-0.15, -0.1) is 0 Å². The van der Waals surface area contributed by atoms with Crippen molar-refractivity contribution in [3.63, 3.8) is 0 Å². The number of imide groups is 1. The number of anilines is 1. The first-order chi connectivity index (χ1) is 17.8. The third kappa shape index (κ3) is 5.07. The molecule has 1 aromatic heterocycles. The number of halogens is 3. The summed E-state index contributed by atoms with van der Waals surface area (Å²) >= 11 is 12.2. The lowest BCUT2D eigenvalue weighted by Gasteiger charge is -2.12. The SMILES string of the molecule is O=C(CN1C(=O)N/C(=C/c2cn(Cc3ccc(Cl)c(Cl)c3)c3ccccc23)C1=O)Nc1ccccc1F. The van der Waals surface area contributed by atoms with Gasteiger partial charge in [0.05, 0.1) is 15.7 Å². The Balaban J connectivity index is 1.38. The van der Waals surface area contributed by atoms with E-state index in [4.69, 9.17) is 23.2 Å². The summed E-state index contributed by atoms with van der Waals surface area (Å²) in [5.74, 6) is -1.98. The minimum Gasteiger partial charge on any atom is -0.342 e. The van der Waals surface area contributed by atoms with Crippen molar-refractivity contribution >= 4 is 63.7 Å². The highest BCUT2D eigenvalue weighted by Gasteiger charge is 2.35. The fourth-order valence-electron chi connectivity index (χ4n) is 4.12. The highest BCUT2D eigenvalue weighted by Crippen LogP contribution is 2.27. The molecule has 1 fully saturated rings. The van der Waals surface area contributed by atoms with Gasteiger partial charge >= 0.3 is 6.03 Å². The highest BCUT2D eigenvalue weighted by molar-refractivity contribution is 6.42. The van der Waals surface area contributed by atoms with Crippen molar-refractivity contribution in [1.29, 1.82) is 0 Å². The van der Waals surface area contributed by atoms with E-state index in [1.165, 1.54) is 18.2 Å². The van der Waals surface area contributed by atoms with Gasteiger partial charge in [-0.3, -0.25) is 9.59 Å². The molecule has 0 radical (unpaired) electrons. The van der Waals surface area contributed by atoms with Crippen LogP contribution in [0, 0.1) is 5.82 Å². The molecule has 7 nitrogen and oxygen atoms in total. The average Bonchev–Trinajstić information content (AvgIpc) is 3.35. The molecule has 0 unspecified atom stereocenters. The summed E-state index contributed by atoms with van der Waals surface area (Å²) in [5, 5.41) is 6.69. The van der Waals surface area contributed by atoms with Crippen molar-refractivity contribution in [1.82, 2.24) is 14.8 Å². The number of fused-ring (bicyclic) bond motifs is 1. The average molecular weight is 537 g/mol. The first kappa shape index (κ1) is 24.5. The molecular formula is C27H19Cl2FN4O3. The van der Waals surface area contributed by atoms with Gasteiger partial charge in [-0.1, -0.05) is 59.6 Å². The Morgan fingerprint density at radius 2 is 1.76 bits per heavy atom. The third-order valence-electron chi connectivity index (χ3n) is 5.87. The van der Waals surface area contributed by atoms with Gasteiger partial charge in [-0.2, -0.15) is 0 Å². The van der Waals surface area contributed by atoms with E-state index in [0.29, 0.717) is 22.2 Å². The number of aromatic nitrogens is 1. The van der Waals surface area contributed by atoms with Crippen LogP contribution in [-0.4, -0.2) is 33.9 Å². The number of hydrogen-bond acceptors (Lipinski definition) is 3. The van der Waals surface area contributed by atoms with E-state index in [9.17, 15) is 18.8 Å². The molecule has 0 atom stereocenters. The second kappa shape index (κ2) is 10.1. The van der Waals surface area contributed by atoms with E-state index in [1.807, 2.05) is 41.1 Å². The van der Waals surface area contributed by atoms with Crippen molar-refractivity contribution in [3.05, 3.63) is 106 Å². The van der Waals surface area contributed by atoms with Crippen molar-refractivity contribution in [3.8, 4) is 0 Å². The van der Waals surface area contributed by atoms with Crippen LogP contribution in [0.1, 0.15) is 11.1 Å². The Morgan fingerprint density at radius 3 is 2.54 bits per heavy atom. The summed E-state index contributed by atoms with van der Waals surface area (Å²) in [6.45, 7) is -0.0569. The molecule has 0 bridgehead atoms. The van der Waals surface area contributed by atoms with Crippen LogP contribution >= 0.6 is 23.2 Å². The Bertz CT molecular complexity index is 1600. The highest BCUT2D eigenvalue weighted by atomic mass is 35.5. The smallest absolute Gasteiger partial charge is 0.329 e. The molecule has 0 spiro atoms. The molecule has 0 saturated carbocycles. The third-order valence-corrected chi connectivity index (χ3v) is 6.61. The molecule has 37 heavy (non-hydrogen) atoms. The predicted octanol–water partition coefficient (Wildman–Crippen LogP) is 5.67. The number of carbonyl (C=O) groups is 3. The summed E-state index contributed by atoms with van der Waals surface area (Å²) < 4.78 is 15.8. The minimum absolute atomic E-state index is 0.0288. The second-order valence-corrected chi connectivity index (χ2v) is 9.20. The molecule has 3 aromatic carbocycles. The van der Waals surface area contributed by atoms with Gasteiger partial charge in [-0.25, -0.2) is 14.1 Å². The van der Waals surface area contributed by atoms with Gasteiger partial charge in [0.15, 0.2) is 0 Å². The molecule has 5 rings (SSSR count). The first-order valence-corrected chi connectivity index (χ1v) is 12.0. The number of hydrogen-bond donors (Lipinski definition) is 2. The zero-order valence-electron chi connectivity index (χ0n) is 19.2. The second-order valence-electron chi connectivity index (χ2n) is 8.39. The van der Waals surface area contributed by atoms with Crippen molar-refractivity contribution in [2.75, 3.05) is 11.9 Å². The molecule has 1 aliphatic rings. The summed E-state index contributed by atoms with van der Waals surface area (Å²) in [4.78, 5) is 38.6. The van der Waals surface area contributed by atoms with Crippen molar-refractivity contribution in [2.24, 2.45) is 0 Å². The Hall–Kier alpha value is -4.14. The van der Waals surface area contributed by atoms with E-state index in [2.05, 4.69) is 10.6 Å². The first-order valence-electron chi connectivity index (χ1n) is 11.2. The number of para-hydroxylation sites is 2. The zero-order valence-corrected chi connectivity index (χ0v) is 20.7. The van der Waals surface area contributed by atoms with E-state index in [0.717, 1.165) is 21.4 Å². The van der Waals surface area contributed by atoms with Gasteiger partial charge in [0.1, 0.15) is 18.1 Å². The number of urea groups is 1. The molecule has 1 aliphatic heterocycles. The number of carbonyl (C=O) groups excluding carboxylic acids is 3. The lowest BCUT2D eigenvalue weighted by Crippen LogP contribution is -2.38. The zero-order chi connectivity index (χ0) is 26.1. The van der Waals surface area contributed by atoms with Crippen LogP contribution in [0.4, 0.5) is 14.9 Å². The quantitative estimate of drug-likeness (QED) is 0.246. The van der Waals surface area contributed by atoms with Crippen LogP contribution in [0.2, 0.25) is 10.0 Å². The van der Waals surface area contributed by atoms with Crippen molar-refractivity contribution < 1.29 is 18.8 Å². The van der Waals surface area contributed by atoms with Crippen molar-refractivity contribution in [2.45, 2.75) is 6.54 Å². The standard InChI is InChI=1S/C27H19Cl2FN4O3/c28-19-10-9-16(11-20(19)29)13-33-14-17(18-5-1-4-8-24(18)33)12-23-26(36)34(27(37)32-23)15-25(35)31-22-7-3-2-6-21(22)30/h1-12,14H,13,15H2,(H,31,35)(H,32,37)/b23-12+.